The molecule has 1 N–H and O–H groups in total. The molecule has 158 valence electrons. The summed E-state index contributed by atoms with van der Waals surface area (Å²) in [7, 11) is 2.77. The van der Waals surface area contributed by atoms with E-state index in [2.05, 4.69) is 10.3 Å². The fourth-order valence-corrected chi connectivity index (χ4v) is 3.60. The molecule has 3 aromatic rings. The molecule has 0 radical (unpaired) electrons. The van der Waals surface area contributed by atoms with Crippen LogP contribution >= 0.6 is 34.8 Å². The molecule has 0 fully saturated rings. The summed E-state index contributed by atoms with van der Waals surface area (Å²) in [5, 5.41) is 2.97. The quantitative estimate of drug-likeness (QED) is 0.561. The lowest BCUT2D eigenvalue weighted by Gasteiger charge is -2.10. The van der Waals surface area contributed by atoms with Crippen LogP contribution < -0.4 is 16.6 Å². The molecule has 1 aromatic carbocycles. The molecular weight excluding hydrogens is 461 g/mol. The smallest absolute Gasteiger partial charge is 0.332 e. The SMILES string of the molecule is Cn1c(=O)c2c(ncn2CC(=O)OCC(=O)Nc2c(Cl)cc(Cl)cc2Cl)n(C)c1=O. The van der Waals surface area contributed by atoms with E-state index in [1.54, 1.807) is 0 Å². The summed E-state index contributed by atoms with van der Waals surface area (Å²) in [6.07, 6.45) is 1.24. The highest BCUT2D eigenvalue weighted by atomic mass is 35.5. The lowest BCUT2D eigenvalue weighted by molar-refractivity contribution is -0.147. The van der Waals surface area contributed by atoms with E-state index in [1.807, 2.05) is 0 Å². The number of carbonyl (C=O) groups excluding carboxylic acids is 2. The number of aryl methyl sites for hydroxylation is 1. The second-order valence-electron chi connectivity index (χ2n) is 6.20. The average molecular weight is 475 g/mol. The maximum atomic E-state index is 12.4. The first-order valence-electron chi connectivity index (χ1n) is 8.31. The molecule has 13 heteroatoms. The first-order valence-corrected chi connectivity index (χ1v) is 9.44. The van der Waals surface area contributed by atoms with E-state index in [-0.39, 0.29) is 33.4 Å². The van der Waals surface area contributed by atoms with Gasteiger partial charge in [-0.25, -0.2) is 9.78 Å². The van der Waals surface area contributed by atoms with Crippen LogP contribution in [0.25, 0.3) is 11.2 Å². The number of hydrogen-bond acceptors (Lipinski definition) is 6. The molecule has 3 rings (SSSR count). The van der Waals surface area contributed by atoms with Gasteiger partial charge in [-0.3, -0.25) is 23.5 Å². The number of rotatable bonds is 5. The van der Waals surface area contributed by atoms with Gasteiger partial charge in [-0.2, -0.15) is 0 Å². The number of anilines is 1. The van der Waals surface area contributed by atoms with Crippen LogP contribution in [0.5, 0.6) is 0 Å². The maximum Gasteiger partial charge on any atom is 0.332 e. The van der Waals surface area contributed by atoms with Crippen LogP contribution in [0.15, 0.2) is 28.0 Å². The topological polar surface area (TPSA) is 117 Å². The van der Waals surface area contributed by atoms with Gasteiger partial charge in [-0.05, 0) is 12.1 Å². The number of carbonyl (C=O) groups is 2. The van der Waals surface area contributed by atoms with Gasteiger partial charge in [0.15, 0.2) is 17.8 Å². The normalized spacial score (nSPS) is 11.0. The van der Waals surface area contributed by atoms with Crippen LogP contribution in [-0.4, -0.2) is 37.2 Å². The van der Waals surface area contributed by atoms with Gasteiger partial charge in [0.25, 0.3) is 11.5 Å². The third kappa shape index (κ3) is 4.20. The second-order valence-corrected chi connectivity index (χ2v) is 7.45. The number of benzene rings is 1. The van der Waals surface area contributed by atoms with Gasteiger partial charge in [0.1, 0.15) is 6.54 Å². The molecule has 0 aliphatic carbocycles. The van der Waals surface area contributed by atoms with Crippen LogP contribution in [0.2, 0.25) is 15.1 Å². The van der Waals surface area contributed by atoms with E-state index in [9.17, 15) is 19.2 Å². The molecule has 0 spiro atoms. The zero-order valence-electron chi connectivity index (χ0n) is 15.6. The standard InChI is InChI=1S/C17H14Cl3N5O5/c1-23-15-14(16(28)24(2)17(23)29)25(7-21-15)5-12(27)30-6-11(26)22-13-9(19)3-8(18)4-10(13)20/h3-4,7H,5-6H2,1-2H3,(H,22,26). The largest absolute Gasteiger partial charge is 0.454 e. The number of ether oxygens (including phenoxy) is 1. The van der Waals surface area contributed by atoms with Crippen molar-refractivity contribution in [3.63, 3.8) is 0 Å². The fourth-order valence-electron chi connectivity index (χ4n) is 2.68. The Morgan fingerprint density at radius 1 is 1.10 bits per heavy atom. The Morgan fingerprint density at radius 2 is 1.73 bits per heavy atom. The molecule has 0 aliphatic heterocycles. The monoisotopic (exact) mass is 473 g/mol. The molecule has 0 saturated carbocycles. The third-order valence-electron chi connectivity index (χ3n) is 4.15. The molecular formula is C17H14Cl3N5O5. The Hall–Kier alpha value is -2.82. The Kier molecular flexibility index (Phi) is 6.20. The van der Waals surface area contributed by atoms with Crippen molar-refractivity contribution in [2.24, 2.45) is 14.1 Å². The van der Waals surface area contributed by atoms with Gasteiger partial charge in [0, 0.05) is 19.1 Å². The minimum atomic E-state index is -0.798. The Labute approximate surface area is 183 Å². The van der Waals surface area contributed by atoms with Crippen molar-refractivity contribution < 1.29 is 14.3 Å². The highest BCUT2D eigenvalue weighted by molar-refractivity contribution is 6.42. The molecule has 0 unspecified atom stereocenters. The molecule has 10 nitrogen and oxygen atoms in total. The van der Waals surface area contributed by atoms with Gasteiger partial charge < -0.3 is 14.6 Å². The second kappa shape index (κ2) is 8.50. The zero-order valence-corrected chi connectivity index (χ0v) is 17.9. The van der Waals surface area contributed by atoms with Crippen LogP contribution in [0, 0.1) is 0 Å². The summed E-state index contributed by atoms with van der Waals surface area (Å²) in [4.78, 5) is 52.5. The van der Waals surface area contributed by atoms with Crippen molar-refractivity contribution in [1.29, 1.82) is 0 Å². The Balaban J connectivity index is 1.69. The molecule has 2 aromatic heterocycles. The van der Waals surface area contributed by atoms with Gasteiger partial charge in [-0.15, -0.1) is 0 Å². The maximum absolute atomic E-state index is 12.4. The first-order chi connectivity index (χ1) is 14.1. The van der Waals surface area contributed by atoms with Crippen molar-refractivity contribution in [3.05, 3.63) is 54.4 Å². The Morgan fingerprint density at radius 3 is 2.37 bits per heavy atom. The summed E-state index contributed by atoms with van der Waals surface area (Å²) in [6.45, 7) is -1.00. The predicted octanol–water partition coefficient (Wildman–Crippen LogP) is 1.58. The van der Waals surface area contributed by atoms with E-state index in [0.717, 1.165) is 4.57 Å². The van der Waals surface area contributed by atoms with Crippen LogP contribution in [-0.2, 0) is 35.0 Å². The third-order valence-corrected chi connectivity index (χ3v) is 4.97. The van der Waals surface area contributed by atoms with Crippen LogP contribution in [0.3, 0.4) is 0 Å². The molecule has 0 bridgehead atoms. The van der Waals surface area contributed by atoms with Gasteiger partial charge in [-0.1, -0.05) is 34.8 Å². The number of esters is 1. The molecule has 0 saturated heterocycles. The predicted molar refractivity (Wildman–Crippen MR) is 111 cm³/mol. The zero-order chi connectivity index (χ0) is 22.2. The first kappa shape index (κ1) is 21.9. The van der Waals surface area contributed by atoms with E-state index < -0.39 is 29.7 Å². The van der Waals surface area contributed by atoms with Crippen LogP contribution in [0.1, 0.15) is 0 Å². The molecule has 30 heavy (non-hydrogen) atoms. The lowest BCUT2D eigenvalue weighted by Crippen LogP contribution is -2.37. The lowest BCUT2D eigenvalue weighted by atomic mass is 10.3. The van der Waals surface area contributed by atoms with Crippen molar-refractivity contribution in [2.45, 2.75) is 6.54 Å². The molecule has 0 aliphatic rings. The molecule has 0 atom stereocenters. The number of fused-ring (bicyclic) bond motifs is 1. The Bertz CT molecular complexity index is 1270. The van der Waals surface area contributed by atoms with E-state index in [4.69, 9.17) is 39.5 Å². The minimum absolute atomic E-state index is 0.0562. The van der Waals surface area contributed by atoms with E-state index >= 15 is 0 Å². The number of nitrogens with one attached hydrogen (secondary N) is 1. The highest BCUT2D eigenvalue weighted by Crippen LogP contribution is 2.33. The summed E-state index contributed by atoms with van der Waals surface area (Å²) in [5.74, 6) is -1.48. The van der Waals surface area contributed by atoms with E-state index in [1.165, 1.54) is 41.7 Å². The van der Waals surface area contributed by atoms with Gasteiger partial charge in [0.05, 0.1) is 22.1 Å². The highest BCUT2D eigenvalue weighted by Gasteiger charge is 2.18. The number of imidazole rings is 1. The van der Waals surface area contributed by atoms with Crippen molar-refractivity contribution >= 4 is 63.5 Å². The number of aromatic nitrogens is 4. The van der Waals surface area contributed by atoms with E-state index in [0.29, 0.717) is 5.02 Å². The molecule has 1 amide bonds. The number of amides is 1. The fraction of sp³-hybridized carbons (Fsp3) is 0.235. The van der Waals surface area contributed by atoms with Crippen LogP contribution in [0.4, 0.5) is 5.69 Å². The number of halogens is 3. The number of hydrogen-bond donors (Lipinski definition) is 1. The summed E-state index contributed by atoms with van der Waals surface area (Å²) in [6, 6.07) is 2.79. The average Bonchev–Trinajstić information content (AvgIpc) is 3.09. The number of nitrogens with zero attached hydrogens (tertiary/aromatic N) is 4. The van der Waals surface area contributed by atoms with Crippen molar-refractivity contribution in [1.82, 2.24) is 18.7 Å². The summed E-state index contributed by atoms with van der Waals surface area (Å²) >= 11 is 17.8. The summed E-state index contributed by atoms with van der Waals surface area (Å²) < 4.78 is 8.26. The molecule has 2 heterocycles. The van der Waals surface area contributed by atoms with Crippen molar-refractivity contribution in [3.8, 4) is 0 Å². The minimum Gasteiger partial charge on any atom is -0.454 e. The van der Waals surface area contributed by atoms with Gasteiger partial charge >= 0.3 is 11.7 Å². The van der Waals surface area contributed by atoms with Crippen molar-refractivity contribution in [2.75, 3.05) is 11.9 Å². The summed E-state index contributed by atoms with van der Waals surface area (Å²) in [5.41, 5.74) is -0.838. The van der Waals surface area contributed by atoms with Gasteiger partial charge in [0.2, 0.25) is 0 Å².